The van der Waals surface area contributed by atoms with E-state index in [-0.39, 0.29) is 29.5 Å². The van der Waals surface area contributed by atoms with Crippen LogP contribution < -0.4 is 16.8 Å². The van der Waals surface area contributed by atoms with E-state index in [1.807, 2.05) is 24.3 Å². The van der Waals surface area contributed by atoms with E-state index in [2.05, 4.69) is 19.2 Å². The van der Waals surface area contributed by atoms with Gasteiger partial charge < -0.3 is 16.8 Å². The van der Waals surface area contributed by atoms with Gasteiger partial charge in [-0.1, -0.05) is 38.1 Å². The number of nitro groups is 1. The number of carbonyl (C=O) groups is 1. The molecule has 0 radical (unpaired) electrons. The fraction of sp³-hybridized carbons (Fsp3) is 0.278. The van der Waals surface area contributed by atoms with Crippen molar-refractivity contribution in [1.82, 2.24) is 5.32 Å². The lowest BCUT2D eigenvalue weighted by Gasteiger charge is -2.14. The summed E-state index contributed by atoms with van der Waals surface area (Å²) < 4.78 is 0. The SMILES string of the molecule is CC(C)c1ccc(C(N)CNC(=O)c2ccc(N)c([N+](=O)[O-])c2)cc1. The number of nitrogens with two attached hydrogens (primary N) is 2. The Balaban J connectivity index is 2.01. The Hall–Kier alpha value is -2.93. The maximum absolute atomic E-state index is 12.2. The zero-order chi connectivity index (χ0) is 18.6. The van der Waals surface area contributed by atoms with Gasteiger partial charge in [0.25, 0.3) is 11.6 Å². The lowest BCUT2D eigenvalue weighted by molar-refractivity contribution is -0.383. The molecule has 0 aliphatic carbocycles. The average Bonchev–Trinajstić information content (AvgIpc) is 2.59. The molecule has 132 valence electrons. The van der Waals surface area contributed by atoms with Gasteiger partial charge in [-0.3, -0.25) is 14.9 Å². The van der Waals surface area contributed by atoms with Crippen molar-refractivity contribution in [2.24, 2.45) is 5.73 Å². The van der Waals surface area contributed by atoms with Crippen molar-refractivity contribution in [3.63, 3.8) is 0 Å². The summed E-state index contributed by atoms with van der Waals surface area (Å²) in [6.07, 6.45) is 0. The molecule has 0 spiro atoms. The summed E-state index contributed by atoms with van der Waals surface area (Å²) >= 11 is 0. The molecule has 2 rings (SSSR count). The van der Waals surface area contributed by atoms with Crippen LogP contribution in [-0.4, -0.2) is 17.4 Å². The van der Waals surface area contributed by atoms with Crippen LogP contribution in [0, 0.1) is 10.1 Å². The predicted octanol–water partition coefficient (Wildman–Crippen LogP) is 2.73. The maximum atomic E-state index is 12.2. The maximum Gasteiger partial charge on any atom is 0.292 e. The number of benzene rings is 2. The number of nitrogens with zero attached hydrogens (tertiary/aromatic N) is 1. The third kappa shape index (κ3) is 4.54. The molecule has 1 atom stereocenters. The number of anilines is 1. The van der Waals surface area contributed by atoms with E-state index in [1.165, 1.54) is 17.7 Å². The van der Waals surface area contributed by atoms with Crippen molar-refractivity contribution in [1.29, 1.82) is 0 Å². The molecule has 0 aliphatic rings. The Kier molecular flexibility index (Phi) is 5.71. The van der Waals surface area contributed by atoms with Gasteiger partial charge in [0.1, 0.15) is 5.69 Å². The van der Waals surface area contributed by atoms with Gasteiger partial charge in [0, 0.05) is 24.2 Å². The fourth-order valence-corrected chi connectivity index (χ4v) is 2.39. The second kappa shape index (κ2) is 7.76. The molecule has 0 fully saturated rings. The van der Waals surface area contributed by atoms with Crippen LogP contribution in [0.1, 0.15) is 47.3 Å². The Morgan fingerprint density at radius 2 is 1.76 bits per heavy atom. The summed E-state index contributed by atoms with van der Waals surface area (Å²) in [4.78, 5) is 22.5. The minimum absolute atomic E-state index is 0.0171. The molecule has 2 aromatic rings. The predicted molar refractivity (Wildman–Crippen MR) is 97.3 cm³/mol. The van der Waals surface area contributed by atoms with Crippen LogP contribution in [0.2, 0.25) is 0 Å². The molecule has 0 bridgehead atoms. The third-order valence-corrected chi connectivity index (χ3v) is 4.00. The van der Waals surface area contributed by atoms with Gasteiger partial charge in [0.2, 0.25) is 0 Å². The molecule has 7 nitrogen and oxygen atoms in total. The van der Waals surface area contributed by atoms with Crippen LogP contribution in [0.25, 0.3) is 0 Å². The van der Waals surface area contributed by atoms with E-state index in [4.69, 9.17) is 11.5 Å². The highest BCUT2D eigenvalue weighted by molar-refractivity contribution is 5.95. The van der Waals surface area contributed by atoms with Gasteiger partial charge in [-0.05, 0) is 29.2 Å². The van der Waals surface area contributed by atoms with Crippen molar-refractivity contribution < 1.29 is 9.72 Å². The highest BCUT2D eigenvalue weighted by atomic mass is 16.6. The average molecular weight is 342 g/mol. The molecule has 1 unspecified atom stereocenters. The molecule has 0 aromatic heterocycles. The number of nitrogen functional groups attached to an aromatic ring is 1. The van der Waals surface area contributed by atoms with Crippen LogP contribution >= 0.6 is 0 Å². The second-order valence-corrected chi connectivity index (χ2v) is 6.17. The number of rotatable bonds is 6. The fourth-order valence-electron chi connectivity index (χ4n) is 2.39. The van der Waals surface area contributed by atoms with E-state index < -0.39 is 10.8 Å². The quantitative estimate of drug-likeness (QED) is 0.423. The summed E-state index contributed by atoms with van der Waals surface area (Å²) in [7, 11) is 0. The van der Waals surface area contributed by atoms with E-state index in [0.717, 1.165) is 11.6 Å². The summed E-state index contributed by atoms with van der Waals surface area (Å²) in [6.45, 7) is 4.44. The molecule has 5 N–H and O–H groups in total. The van der Waals surface area contributed by atoms with Crippen molar-refractivity contribution in [3.8, 4) is 0 Å². The number of carbonyl (C=O) groups excluding carboxylic acids is 1. The van der Waals surface area contributed by atoms with Crippen LogP contribution in [0.15, 0.2) is 42.5 Å². The van der Waals surface area contributed by atoms with Gasteiger partial charge in [-0.25, -0.2) is 0 Å². The van der Waals surface area contributed by atoms with Gasteiger partial charge in [0.15, 0.2) is 0 Å². The number of nitrogens with one attached hydrogen (secondary N) is 1. The molecule has 1 amide bonds. The van der Waals surface area contributed by atoms with E-state index in [0.29, 0.717) is 5.92 Å². The Labute approximate surface area is 146 Å². The van der Waals surface area contributed by atoms with Crippen LogP contribution in [0.5, 0.6) is 0 Å². The number of amides is 1. The first kappa shape index (κ1) is 18.4. The standard InChI is InChI=1S/C18H22N4O3/c1-11(2)12-3-5-13(6-4-12)16(20)10-21-18(23)14-7-8-15(19)17(9-14)22(24)25/h3-9,11,16H,10,19-20H2,1-2H3,(H,21,23). The number of hydrogen-bond donors (Lipinski definition) is 3. The van der Waals surface area contributed by atoms with E-state index in [1.54, 1.807) is 0 Å². The van der Waals surface area contributed by atoms with E-state index >= 15 is 0 Å². The van der Waals surface area contributed by atoms with Gasteiger partial charge in [-0.2, -0.15) is 0 Å². The topological polar surface area (TPSA) is 124 Å². The van der Waals surface area contributed by atoms with Gasteiger partial charge in [-0.15, -0.1) is 0 Å². The van der Waals surface area contributed by atoms with Crippen molar-refractivity contribution in [2.45, 2.75) is 25.8 Å². The van der Waals surface area contributed by atoms with Crippen LogP contribution in [-0.2, 0) is 0 Å². The summed E-state index contributed by atoms with van der Waals surface area (Å²) in [5.74, 6) is 0.00337. The third-order valence-electron chi connectivity index (χ3n) is 4.00. The summed E-state index contributed by atoms with van der Waals surface area (Å²) in [5.41, 5.74) is 13.7. The molecule has 2 aromatic carbocycles. The zero-order valence-corrected chi connectivity index (χ0v) is 14.2. The summed E-state index contributed by atoms with van der Waals surface area (Å²) in [5, 5.41) is 13.6. The monoisotopic (exact) mass is 342 g/mol. The summed E-state index contributed by atoms with van der Waals surface area (Å²) in [6, 6.07) is 11.5. The van der Waals surface area contributed by atoms with Gasteiger partial charge in [0.05, 0.1) is 4.92 Å². The first-order valence-corrected chi connectivity index (χ1v) is 7.97. The van der Waals surface area contributed by atoms with Crippen LogP contribution in [0.3, 0.4) is 0 Å². The highest BCUT2D eigenvalue weighted by Crippen LogP contribution is 2.22. The van der Waals surface area contributed by atoms with Gasteiger partial charge >= 0.3 is 0 Å². The lowest BCUT2D eigenvalue weighted by atomic mass is 9.99. The lowest BCUT2D eigenvalue weighted by Crippen LogP contribution is -2.32. The molecular weight excluding hydrogens is 320 g/mol. The smallest absolute Gasteiger partial charge is 0.292 e. The molecule has 7 heteroatoms. The largest absolute Gasteiger partial charge is 0.393 e. The number of nitro benzene ring substituents is 1. The normalized spacial score (nSPS) is 12.0. The Morgan fingerprint density at radius 1 is 1.16 bits per heavy atom. The first-order chi connectivity index (χ1) is 11.8. The molecule has 0 aliphatic heterocycles. The molecule has 0 saturated heterocycles. The second-order valence-electron chi connectivity index (χ2n) is 6.17. The Bertz CT molecular complexity index is 772. The molecular formula is C18H22N4O3. The van der Waals surface area contributed by atoms with Crippen molar-refractivity contribution in [2.75, 3.05) is 12.3 Å². The molecule has 0 heterocycles. The van der Waals surface area contributed by atoms with Crippen molar-refractivity contribution >= 4 is 17.3 Å². The van der Waals surface area contributed by atoms with Crippen molar-refractivity contribution in [3.05, 3.63) is 69.3 Å². The minimum Gasteiger partial charge on any atom is -0.393 e. The van der Waals surface area contributed by atoms with Crippen LogP contribution in [0.4, 0.5) is 11.4 Å². The zero-order valence-electron chi connectivity index (χ0n) is 14.2. The van der Waals surface area contributed by atoms with E-state index in [9.17, 15) is 14.9 Å². The number of hydrogen-bond acceptors (Lipinski definition) is 5. The minimum atomic E-state index is -0.617. The Morgan fingerprint density at radius 3 is 2.32 bits per heavy atom. The molecule has 25 heavy (non-hydrogen) atoms. The first-order valence-electron chi connectivity index (χ1n) is 7.97. The highest BCUT2D eigenvalue weighted by Gasteiger charge is 2.16. The molecule has 0 saturated carbocycles.